The molecular formula is C32H18Br2N4O4S. The van der Waals surface area contributed by atoms with Gasteiger partial charge in [0.25, 0.3) is 11.1 Å². The van der Waals surface area contributed by atoms with Gasteiger partial charge < -0.3 is 9.47 Å². The van der Waals surface area contributed by atoms with Crippen molar-refractivity contribution >= 4 is 63.6 Å². The fraction of sp³-hybridized carbons (Fsp3) is 0. The molecule has 8 nitrogen and oxygen atoms in total. The standard InChI is InChI=1S/C32H18Br2N4O4S/c33-19-11-15-23(16-12-19)41-31-35-27-25(29(39)37(31)21-7-3-1-4-8-21)26-28(43-27)36-32(42-24-17-13-20(34)14-18-24)38(30(26)40)22-9-5-2-6-10-22/h1-18H. The summed E-state index contributed by atoms with van der Waals surface area (Å²) >= 11 is 7.99. The van der Waals surface area contributed by atoms with Crippen LogP contribution in [-0.2, 0) is 0 Å². The number of nitrogens with zero attached hydrogens (tertiary/aromatic N) is 4. The molecule has 0 unspecified atom stereocenters. The van der Waals surface area contributed by atoms with Crippen LogP contribution in [-0.4, -0.2) is 19.1 Å². The second-order valence-electron chi connectivity index (χ2n) is 9.32. The van der Waals surface area contributed by atoms with E-state index in [0.717, 1.165) is 20.3 Å². The molecule has 0 aliphatic rings. The van der Waals surface area contributed by atoms with E-state index in [-0.39, 0.29) is 22.8 Å². The van der Waals surface area contributed by atoms with Gasteiger partial charge in [0.15, 0.2) is 0 Å². The first-order valence-corrected chi connectivity index (χ1v) is 15.4. The van der Waals surface area contributed by atoms with Crippen molar-refractivity contribution in [3.8, 4) is 34.9 Å². The molecule has 0 spiro atoms. The van der Waals surface area contributed by atoms with E-state index in [9.17, 15) is 9.59 Å². The van der Waals surface area contributed by atoms with E-state index in [1.807, 2.05) is 60.7 Å². The van der Waals surface area contributed by atoms with Crippen LogP contribution in [0, 0.1) is 0 Å². The summed E-state index contributed by atoms with van der Waals surface area (Å²) in [6.07, 6.45) is 0. The first-order chi connectivity index (χ1) is 21.0. The number of para-hydroxylation sites is 2. The molecule has 0 bridgehead atoms. The third-order valence-electron chi connectivity index (χ3n) is 6.56. The highest BCUT2D eigenvalue weighted by molar-refractivity contribution is 9.10. The highest BCUT2D eigenvalue weighted by Crippen LogP contribution is 2.34. The summed E-state index contributed by atoms with van der Waals surface area (Å²) in [4.78, 5) is 38.8. The van der Waals surface area contributed by atoms with Gasteiger partial charge in [-0.2, -0.15) is 9.97 Å². The molecule has 3 heterocycles. The first kappa shape index (κ1) is 27.3. The number of halogens is 2. The topological polar surface area (TPSA) is 88.2 Å². The van der Waals surface area contributed by atoms with Crippen LogP contribution in [0.1, 0.15) is 0 Å². The molecule has 4 aromatic carbocycles. The Morgan fingerprint density at radius 3 is 1.28 bits per heavy atom. The Morgan fingerprint density at radius 1 is 0.535 bits per heavy atom. The third kappa shape index (κ3) is 5.16. The van der Waals surface area contributed by atoms with Crippen molar-refractivity contribution in [1.29, 1.82) is 0 Å². The minimum Gasteiger partial charge on any atom is -0.425 e. The van der Waals surface area contributed by atoms with E-state index < -0.39 is 11.1 Å². The predicted octanol–water partition coefficient (Wildman–Crippen LogP) is 8.26. The lowest BCUT2D eigenvalue weighted by Gasteiger charge is -2.14. The number of rotatable bonds is 6. The summed E-state index contributed by atoms with van der Waals surface area (Å²) in [7, 11) is 0. The summed E-state index contributed by atoms with van der Waals surface area (Å²) in [6.45, 7) is 0. The third-order valence-corrected chi connectivity index (χ3v) is 8.59. The molecule has 0 fully saturated rings. The minimum atomic E-state index is -0.449. The highest BCUT2D eigenvalue weighted by atomic mass is 79.9. The van der Waals surface area contributed by atoms with E-state index in [1.165, 1.54) is 9.13 Å². The maximum atomic E-state index is 14.3. The van der Waals surface area contributed by atoms with E-state index in [4.69, 9.17) is 19.4 Å². The molecule has 0 radical (unpaired) electrons. The van der Waals surface area contributed by atoms with Crippen molar-refractivity contribution in [2.24, 2.45) is 0 Å². The predicted molar refractivity (Wildman–Crippen MR) is 175 cm³/mol. The van der Waals surface area contributed by atoms with E-state index in [0.29, 0.717) is 32.5 Å². The average Bonchev–Trinajstić information content (AvgIpc) is 3.39. The smallest absolute Gasteiger partial charge is 0.310 e. The SMILES string of the molecule is O=c1c2c(nc(Oc3ccc(Br)cc3)n1-c1ccccc1)sc1nc(Oc3ccc(Br)cc3)n(-c3ccccc3)c(=O)c12. The van der Waals surface area contributed by atoms with Gasteiger partial charge in [0, 0.05) is 8.95 Å². The number of ether oxygens (including phenoxy) is 2. The molecule has 0 saturated carbocycles. The van der Waals surface area contributed by atoms with Gasteiger partial charge in [-0.3, -0.25) is 9.59 Å². The second kappa shape index (κ2) is 11.3. The highest BCUT2D eigenvalue weighted by Gasteiger charge is 2.25. The minimum absolute atomic E-state index is 0.0623. The van der Waals surface area contributed by atoms with Gasteiger partial charge in [0.1, 0.15) is 21.2 Å². The van der Waals surface area contributed by atoms with Crippen LogP contribution in [0.5, 0.6) is 23.5 Å². The molecular weight excluding hydrogens is 696 g/mol. The van der Waals surface area contributed by atoms with Crippen molar-refractivity contribution in [1.82, 2.24) is 19.1 Å². The van der Waals surface area contributed by atoms with Crippen molar-refractivity contribution in [3.63, 3.8) is 0 Å². The zero-order chi connectivity index (χ0) is 29.5. The Hall–Kier alpha value is -4.58. The molecule has 11 heteroatoms. The monoisotopic (exact) mass is 712 g/mol. The maximum absolute atomic E-state index is 14.3. The molecule has 7 rings (SSSR count). The lowest BCUT2D eigenvalue weighted by Crippen LogP contribution is -2.24. The van der Waals surface area contributed by atoms with Crippen LogP contribution in [0.3, 0.4) is 0 Å². The first-order valence-electron chi connectivity index (χ1n) is 13.0. The summed E-state index contributed by atoms with van der Waals surface area (Å²) in [5.41, 5.74) is 0.184. The summed E-state index contributed by atoms with van der Waals surface area (Å²) < 4.78 is 16.8. The lowest BCUT2D eigenvalue weighted by molar-refractivity contribution is 0.427. The zero-order valence-electron chi connectivity index (χ0n) is 22.0. The van der Waals surface area contributed by atoms with Crippen molar-refractivity contribution < 1.29 is 9.47 Å². The number of hydrogen-bond acceptors (Lipinski definition) is 7. The Morgan fingerprint density at radius 2 is 0.907 bits per heavy atom. The van der Waals surface area contributed by atoms with Crippen molar-refractivity contribution in [3.05, 3.63) is 139 Å². The van der Waals surface area contributed by atoms with Gasteiger partial charge >= 0.3 is 12.0 Å². The molecule has 0 N–H and O–H groups in total. The second-order valence-corrected chi connectivity index (χ2v) is 12.1. The summed E-state index contributed by atoms with van der Waals surface area (Å²) in [6, 6.07) is 32.6. The van der Waals surface area contributed by atoms with Crippen LogP contribution < -0.4 is 20.6 Å². The normalized spacial score (nSPS) is 11.2. The Balaban J connectivity index is 1.51. The van der Waals surface area contributed by atoms with Gasteiger partial charge in [0.05, 0.1) is 22.1 Å². The Bertz CT molecular complexity index is 2070. The fourth-order valence-corrected chi connectivity index (χ4v) is 6.14. The van der Waals surface area contributed by atoms with Crippen LogP contribution in [0.2, 0.25) is 0 Å². The lowest BCUT2D eigenvalue weighted by atomic mass is 10.2. The van der Waals surface area contributed by atoms with E-state index in [1.54, 1.807) is 48.5 Å². The van der Waals surface area contributed by atoms with Crippen LogP contribution in [0.4, 0.5) is 0 Å². The molecule has 3 aromatic heterocycles. The molecule has 43 heavy (non-hydrogen) atoms. The van der Waals surface area contributed by atoms with Gasteiger partial charge in [-0.25, -0.2) is 9.13 Å². The van der Waals surface area contributed by atoms with Gasteiger partial charge in [-0.05, 0) is 72.8 Å². The number of thiophene rings is 1. The van der Waals surface area contributed by atoms with Gasteiger partial charge in [-0.1, -0.05) is 79.6 Å². The van der Waals surface area contributed by atoms with Crippen molar-refractivity contribution in [2.75, 3.05) is 0 Å². The molecule has 0 amide bonds. The fourth-order valence-electron chi connectivity index (χ4n) is 4.60. The summed E-state index contributed by atoms with van der Waals surface area (Å²) in [5.74, 6) is 0.991. The molecule has 210 valence electrons. The molecule has 0 saturated heterocycles. The van der Waals surface area contributed by atoms with Crippen molar-refractivity contribution in [2.45, 2.75) is 0 Å². The molecule has 0 aliphatic heterocycles. The number of benzene rings is 4. The quantitative estimate of drug-likeness (QED) is 0.173. The van der Waals surface area contributed by atoms with Crippen LogP contribution >= 0.6 is 43.2 Å². The maximum Gasteiger partial charge on any atom is 0.310 e. The van der Waals surface area contributed by atoms with Gasteiger partial charge in [0.2, 0.25) is 0 Å². The zero-order valence-corrected chi connectivity index (χ0v) is 26.0. The van der Waals surface area contributed by atoms with Crippen LogP contribution in [0.15, 0.2) is 128 Å². The average molecular weight is 714 g/mol. The van der Waals surface area contributed by atoms with E-state index >= 15 is 0 Å². The number of aromatic nitrogens is 4. The molecule has 7 aromatic rings. The number of fused-ring (bicyclic) bond motifs is 3. The molecule has 0 atom stereocenters. The summed E-state index contributed by atoms with van der Waals surface area (Å²) in [5, 5.41) is 0.314. The largest absolute Gasteiger partial charge is 0.425 e. The number of hydrogen-bond donors (Lipinski definition) is 0. The van der Waals surface area contributed by atoms with Gasteiger partial charge in [-0.15, -0.1) is 0 Å². The Labute approximate surface area is 264 Å². The van der Waals surface area contributed by atoms with E-state index in [2.05, 4.69) is 31.9 Å². The molecule has 0 aliphatic carbocycles. The van der Waals surface area contributed by atoms with Crippen LogP contribution in [0.25, 0.3) is 31.8 Å². The Kier molecular flexibility index (Phi) is 7.13.